The van der Waals surface area contributed by atoms with Crippen molar-refractivity contribution in [1.82, 2.24) is 0 Å². The van der Waals surface area contributed by atoms with Crippen LogP contribution < -0.4 is 4.74 Å². The Balaban J connectivity index is 1.68. The topological polar surface area (TPSA) is 66.8 Å². The number of aliphatic hydroxyl groups excluding tert-OH is 1. The Morgan fingerprint density at radius 2 is 1.57 bits per heavy atom. The van der Waals surface area contributed by atoms with E-state index in [1.807, 2.05) is 42.5 Å². The van der Waals surface area contributed by atoms with Crippen molar-refractivity contribution in [2.75, 3.05) is 6.61 Å². The van der Waals surface area contributed by atoms with Gasteiger partial charge in [0.25, 0.3) is 0 Å². The van der Waals surface area contributed by atoms with Crippen LogP contribution in [0.4, 0.5) is 0 Å². The number of aliphatic hydroxyl groups is 1. The normalized spacial score (nSPS) is 11.9. The number of carboxylic acids is 1. The molecule has 0 aliphatic carbocycles. The number of ether oxygens (including phenoxy) is 1. The molecule has 0 spiro atoms. The van der Waals surface area contributed by atoms with Crippen LogP contribution in [0.15, 0.2) is 54.6 Å². The Kier molecular flexibility index (Phi) is 6.63. The molecule has 2 aromatic carbocycles. The summed E-state index contributed by atoms with van der Waals surface area (Å²) in [6.45, 7) is 0.591. The summed E-state index contributed by atoms with van der Waals surface area (Å²) >= 11 is 0. The molecule has 0 aliphatic rings. The minimum atomic E-state index is -1.25. The molecule has 23 heavy (non-hydrogen) atoms. The van der Waals surface area contributed by atoms with Crippen LogP contribution in [-0.2, 0) is 4.79 Å². The van der Waals surface area contributed by atoms with Crippen molar-refractivity contribution in [2.45, 2.75) is 31.8 Å². The minimum Gasteiger partial charge on any atom is -0.494 e. The smallest absolute Gasteiger partial charge is 0.332 e. The van der Waals surface area contributed by atoms with Gasteiger partial charge in [0, 0.05) is 0 Å². The number of benzene rings is 2. The van der Waals surface area contributed by atoms with Crippen LogP contribution >= 0.6 is 0 Å². The van der Waals surface area contributed by atoms with Gasteiger partial charge >= 0.3 is 5.97 Å². The molecular formula is C19H22O4. The highest BCUT2D eigenvalue weighted by atomic mass is 16.5. The van der Waals surface area contributed by atoms with Gasteiger partial charge in [-0.2, -0.15) is 0 Å². The maximum Gasteiger partial charge on any atom is 0.332 e. The second-order valence-corrected chi connectivity index (χ2v) is 5.44. The van der Waals surface area contributed by atoms with E-state index in [-0.39, 0.29) is 0 Å². The van der Waals surface area contributed by atoms with Gasteiger partial charge in [-0.15, -0.1) is 0 Å². The summed E-state index contributed by atoms with van der Waals surface area (Å²) in [5.41, 5.74) is 2.33. The molecule has 0 saturated carbocycles. The first-order valence-corrected chi connectivity index (χ1v) is 7.86. The summed E-state index contributed by atoms with van der Waals surface area (Å²) in [4.78, 5) is 10.5. The first-order valence-electron chi connectivity index (χ1n) is 7.86. The van der Waals surface area contributed by atoms with Gasteiger partial charge < -0.3 is 14.9 Å². The van der Waals surface area contributed by atoms with E-state index in [0.717, 1.165) is 24.2 Å². The van der Waals surface area contributed by atoms with Crippen molar-refractivity contribution >= 4 is 5.97 Å². The zero-order valence-corrected chi connectivity index (χ0v) is 13.0. The molecule has 2 N–H and O–H groups in total. The first kappa shape index (κ1) is 17.0. The van der Waals surface area contributed by atoms with Gasteiger partial charge in [0.2, 0.25) is 0 Å². The highest BCUT2D eigenvalue weighted by Gasteiger charge is 2.11. The SMILES string of the molecule is O=C(O)C(O)CCCCCOc1ccc(-c2ccccc2)cc1. The van der Waals surface area contributed by atoms with E-state index < -0.39 is 12.1 Å². The number of rotatable bonds is 9. The van der Waals surface area contributed by atoms with Crippen LogP contribution in [0.2, 0.25) is 0 Å². The van der Waals surface area contributed by atoms with Crippen LogP contribution in [0.1, 0.15) is 25.7 Å². The van der Waals surface area contributed by atoms with Gasteiger partial charge in [-0.1, -0.05) is 48.9 Å². The maximum absolute atomic E-state index is 10.5. The Bertz CT molecular complexity index is 593. The van der Waals surface area contributed by atoms with Gasteiger partial charge in [-0.3, -0.25) is 0 Å². The average Bonchev–Trinajstić information content (AvgIpc) is 2.59. The minimum absolute atomic E-state index is 0.293. The van der Waals surface area contributed by atoms with Crippen molar-refractivity contribution in [2.24, 2.45) is 0 Å². The summed E-state index contributed by atoms with van der Waals surface area (Å²) in [6.07, 6.45) is 1.41. The Morgan fingerprint density at radius 3 is 2.22 bits per heavy atom. The van der Waals surface area contributed by atoms with Crippen molar-refractivity contribution in [1.29, 1.82) is 0 Å². The molecule has 0 aromatic heterocycles. The lowest BCUT2D eigenvalue weighted by molar-refractivity contribution is -0.146. The zero-order valence-electron chi connectivity index (χ0n) is 13.0. The van der Waals surface area contributed by atoms with Crippen LogP contribution in [0.5, 0.6) is 5.75 Å². The van der Waals surface area contributed by atoms with Crippen molar-refractivity contribution in [3.05, 3.63) is 54.6 Å². The molecule has 0 bridgehead atoms. The van der Waals surface area contributed by atoms with Crippen molar-refractivity contribution in [3.8, 4) is 16.9 Å². The Morgan fingerprint density at radius 1 is 0.913 bits per heavy atom. The standard InChI is InChI=1S/C19H22O4/c20-18(19(21)22)9-5-2-6-14-23-17-12-10-16(11-13-17)15-7-3-1-4-8-15/h1,3-4,7-8,10-13,18,20H,2,5-6,9,14H2,(H,21,22). The fraction of sp³-hybridized carbons (Fsp3) is 0.316. The summed E-state index contributed by atoms with van der Waals surface area (Å²) in [7, 11) is 0. The fourth-order valence-electron chi connectivity index (χ4n) is 2.30. The van der Waals surface area contributed by atoms with E-state index in [2.05, 4.69) is 12.1 Å². The summed E-state index contributed by atoms with van der Waals surface area (Å²) < 4.78 is 5.67. The molecule has 2 rings (SSSR count). The predicted octanol–water partition coefficient (Wildman–Crippen LogP) is 3.74. The van der Waals surface area contributed by atoms with Gasteiger partial charge in [-0.25, -0.2) is 4.79 Å². The van der Waals surface area contributed by atoms with Crippen molar-refractivity contribution in [3.63, 3.8) is 0 Å². The van der Waals surface area contributed by atoms with Gasteiger partial charge in [0.1, 0.15) is 5.75 Å². The number of carbonyl (C=O) groups is 1. The van der Waals surface area contributed by atoms with Gasteiger partial charge in [0.15, 0.2) is 6.10 Å². The summed E-state index contributed by atoms with van der Waals surface area (Å²) in [5.74, 6) is -0.324. The number of hydrogen-bond donors (Lipinski definition) is 2. The molecule has 4 nitrogen and oxygen atoms in total. The molecule has 1 atom stereocenters. The van der Waals surface area contributed by atoms with Gasteiger partial charge in [-0.05, 0) is 42.5 Å². The van der Waals surface area contributed by atoms with Crippen LogP contribution in [0.3, 0.4) is 0 Å². The highest BCUT2D eigenvalue weighted by molar-refractivity contribution is 5.71. The number of carboxylic acid groups (broad SMARTS) is 1. The molecule has 0 aliphatic heterocycles. The highest BCUT2D eigenvalue weighted by Crippen LogP contribution is 2.22. The lowest BCUT2D eigenvalue weighted by Gasteiger charge is -2.08. The number of aliphatic carboxylic acids is 1. The van der Waals surface area contributed by atoms with E-state index in [4.69, 9.17) is 14.9 Å². The molecule has 1 unspecified atom stereocenters. The Labute approximate surface area is 136 Å². The molecule has 0 amide bonds. The monoisotopic (exact) mass is 314 g/mol. The molecular weight excluding hydrogens is 292 g/mol. The lowest BCUT2D eigenvalue weighted by Crippen LogP contribution is -2.18. The molecule has 122 valence electrons. The third-order valence-electron chi connectivity index (χ3n) is 3.64. The van der Waals surface area contributed by atoms with Crippen LogP contribution in [-0.4, -0.2) is 28.9 Å². The molecule has 4 heteroatoms. The third-order valence-corrected chi connectivity index (χ3v) is 3.64. The number of hydrogen-bond acceptors (Lipinski definition) is 3. The molecule has 0 saturated heterocycles. The molecule has 0 heterocycles. The quantitative estimate of drug-likeness (QED) is 0.692. The predicted molar refractivity (Wildman–Crippen MR) is 89.5 cm³/mol. The second kappa shape index (κ2) is 8.96. The third kappa shape index (κ3) is 5.75. The lowest BCUT2D eigenvalue weighted by atomic mass is 10.1. The Hall–Kier alpha value is -2.33. The molecule has 0 radical (unpaired) electrons. The largest absolute Gasteiger partial charge is 0.494 e. The van der Waals surface area contributed by atoms with Crippen LogP contribution in [0.25, 0.3) is 11.1 Å². The van der Waals surface area contributed by atoms with Gasteiger partial charge in [0.05, 0.1) is 6.61 Å². The first-order chi connectivity index (χ1) is 11.2. The zero-order chi connectivity index (χ0) is 16.5. The van der Waals surface area contributed by atoms with E-state index in [1.165, 1.54) is 5.56 Å². The summed E-state index contributed by atoms with van der Waals surface area (Å²) in [5, 5.41) is 17.7. The van der Waals surface area contributed by atoms with E-state index in [1.54, 1.807) is 0 Å². The molecule has 2 aromatic rings. The number of unbranched alkanes of at least 4 members (excludes halogenated alkanes) is 2. The van der Waals surface area contributed by atoms with E-state index in [0.29, 0.717) is 19.4 Å². The fourth-order valence-corrected chi connectivity index (χ4v) is 2.30. The maximum atomic E-state index is 10.5. The van der Waals surface area contributed by atoms with E-state index >= 15 is 0 Å². The molecule has 0 fully saturated rings. The van der Waals surface area contributed by atoms with Crippen molar-refractivity contribution < 1.29 is 19.7 Å². The average molecular weight is 314 g/mol. The van der Waals surface area contributed by atoms with Crippen LogP contribution in [0, 0.1) is 0 Å². The van der Waals surface area contributed by atoms with E-state index in [9.17, 15) is 4.79 Å². The summed E-state index contributed by atoms with van der Waals surface area (Å²) in [6, 6.07) is 18.1. The second-order valence-electron chi connectivity index (χ2n) is 5.44.